The van der Waals surface area contributed by atoms with Gasteiger partial charge in [-0.2, -0.15) is 0 Å². The fraction of sp³-hybridized carbons (Fsp3) is 1.00. The molecule has 0 bridgehead atoms. The molecule has 2 heteroatoms. The maximum Gasteiger partial charge on any atom is 0.0192 e. The Bertz CT molecular complexity index is 248. The number of hydrogen-bond acceptors (Lipinski definition) is 2. The molecule has 2 nitrogen and oxygen atoms in total. The average Bonchev–Trinajstić information content (AvgIpc) is 2.48. The maximum absolute atomic E-state index is 3.65. The molecular weight excluding hydrogens is 244 g/mol. The standard InChI is InChI=1S/C18H36N2/c1-3-4-8-13-19-16-17(2)20-14-11-18(12-15-20)9-6-5-7-10-18/h17,19H,3-16H2,1-2H3. The van der Waals surface area contributed by atoms with Gasteiger partial charge in [-0.15, -0.1) is 0 Å². The molecule has 1 spiro atoms. The van der Waals surface area contributed by atoms with Gasteiger partial charge < -0.3 is 5.32 Å². The van der Waals surface area contributed by atoms with Gasteiger partial charge in [0.1, 0.15) is 0 Å². The normalized spacial score (nSPS) is 24.9. The van der Waals surface area contributed by atoms with Crippen LogP contribution in [0.2, 0.25) is 0 Å². The van der Waals surface area contributed by atoms with Gasteiger partial charge in [0.2, 0.25) is 0 Å². The second-order valence-electron chi connectivity index (χ2n) is 7.36. The smallest absolute Gasteiger partial charge is 0.0192 e. The van der Waals surface area contributed by atoms with Crippen LogP contribution in [-0.4, -0.2) is 37.1 Å². The molecule has 1 saturated carbocycles. The minimum absolute atomic E-state index is 0.720. The molecule has 0 aromatic carbocycles. The van der Waals surface area contributed by atoms with E-state index in [0.29, 0.717) is 0 Å². The summed E-state index contributed by atoms with van der Waals surface area (Å²) in [5, 5.41) is 3.65. The fourth-order valence-electron chi connectivity index (χ4n) is 4.18. The third-order valence-corrected chi connectivity index (χ3v) is 5.79. The van der Waals surface area contributed by atoms with E-state index >= 15 is 0 Å². The molecule has 0 aromatic rings. The highest BCUT2D eigenvalue weighted by molar-refractivity contribution is 4.89. The Morgan fingerprint density at radius 2 is 1.70 bits per heavy atom. The van der Waals surface area contributed by atoms with Gasteiger partial charge in [-0.05, 0) is 64.1 Å². The summed E-state index contributed by atoms with van der Waals surface area (Å²) in [5.74, 6) is 0. The van der Waals surface area contributed by atoms with Crippen molar-refractivity contribution in [2.45, 2.75) is 84.1 Å². The Kier molecular flexibility index (Phi) is 6.83. The molecular formula is C18H36N2. The summed E-state index contributed by atoms with van der Waals surface area (Å²) in [6, 6.07) is 0.720. The molecule has 1 saturated heterocycles. The van der Waals surface area contributed by atoms with Crippen molar-refractivity contribution in [2.75, 3.05) is 26.2 Å². The summed E-state index contributed by atoms with van der Waals surface area (Å²) in [4.78, 5) is 2.73. The van der Waals surface area contributed by atoms with Crippen molar-refractivity contribution >= 4 is 0 Å². The third-order valence-electron chi connectivity index (χ3n) is 5.79. The van der Waals surface area contributed by atoms with Crippen LogP contribution in [0.4, 0.5) is 0 Å². The van der Waals surface area contributed by atoms with E-state index in [1.807, 2.05) is 0 Å². The molecule has 2 aliphatic rings. The van der Waals surface area contributed by atoms with Crippen LogP contribution in [0.1, 0.15) is 78.1 Å². The van der Waals surface area contributed by atoms with E-state index < -0.39 is 0 Å². The second kappa shape index (κ2) is 8.38. The molecule has 1 aliphatic carbocycles. The Balaban J connectivity index is 1.62. The van der Waals surface area contributed by atoms with E-state index in [1.54, 1.807) is 0 Å². The van der Waals surface area contributed by atoms with Crippen LogP contribution >= 0.6 is 0 Å². The summed E-state index contributed by atoms with van der Waals surface area (Å²) in [5.41, 5.74) is 0.753. The SMILES string of the molecule is CCCCCNCC(C)N1CCC2(CCCCC2)CC1. The fourth-order valence-corrected chi connectivity index (χ4v) is 4.18. The first-order valence-electron chi connectivity index (χ1n) is 9.20. The minimum atomic E-state index is 0.720. The highest BCUT2D eigenvalue weighted by Crippen LogP contribution is 2.44. The molecule has 1 unspecified atom stereocenters. The molecule has 0 amide bonds. The zero-order valence-electron chi connectivity index (χ0n) is 13.9. The van der Waals surface area contributed by atoms with E-state index in [0.717, 1.165) is 11.5 Å². The summed E-state index contributed by atoms with van der Waals surface area (Å²) >= 11 is 0. The number of piperidine rings is 1. The molecule has 2 fully saturated rings. The molecule has 1 N–H and O–H groups in total. The van der Waals surface area contributed by atoms with Crippen molar-refractivity contribution < 1.29 is 0 Å². The Labute approximate surface area is 126 Å². The van der Waals surface area contributed by atoms with Crippen molar-refractivity contribution in [3.8, 4) is 0 Å². The van der Waals surface area contributed by atoms with Crippen LogP contribution < -0.4 is 5.32 Å². The number of nitrogens with one attached hydrogen (secondary N) is 1. The zero-order chi connectivity index (χ0) is 14.3. The summed E-state index contributed by atoms with van der Waals surface area (Å²) in [6.45, 7) is 9.76. The number of unbranched alkanes of at least 4 members (excludes halogenated alkanes) is 2. The molecule has 118 valence electrons. The van der Waals surface area contributed by atoms with Crippen LogP contribution in [0.5, 0.6) is 0 Å². The van der Waals surface area contributed by atoms with Gasteiger partial charge >= 0.3 is 0 Å². The summed E-state index contributed by atoms with van der Waals surface area (Å²) < 4.78 is 0. The van der Waals surface area contributed by atoms with Gasteiger partial charge in [-0.3, -0.25) is 4.90 Å². The third kappa shape index (κ3) is 4.73. The van der Waals surface area contributed by atoms with Gasteiger partial charge in [0.25, 0.3) is 0 Å². The molecule has 0 aromatic heterocycles. The monoisotopic (exact) mass is 280 g/mol. The zero-order valence-corrected chi connectivity index (χ0v) is 13.9. The van der Waals surface area contributed by atoms with Crippen molar-refractivity contribution in [3.05, 3.63) is 0 Å². The van der Waals surface area contributed by atoms with Gasteiger partial charge in [0, 0.05) is 12.6 Å². The molecule has 0 radical (unpaired) electrons. The number of hydrogen-bond donors (Lipinski definition) is 1. The number of likely N-dealkylation sites (tertiary alicyclic amines) is 1. The van der Waals surface area contributed by atoms with Gasteiger partial charge in [-0.25, -0.2) is 0 Å². The maximum atomic E-state index is 3.65. The Morgan fingerprint density at radius 1 is 1.00 bits per heavy atom. The lowest BCUT2D eigenvalue weighted by Gasteiger charge is -2.46. The van der Waals surface area contributed by atoms with E-state index in [9.17, 15) is 0 Å². The lowest BCUT2D eigenvalue weighted by Crippen LogP contribution is -2.48. The number of nitrogens with zero attached hydrogens (tertiary/aromatic N) is 1. The quantitative estimate of drug-likeness (QED) is 0.703. The predicted octanol–water partition coefficient (Wildman–Crippen LogP) is 4.20. The van der Waals surface area contributed by atoms with Crippen LogP contribution in [0, 0.1) is 5.41 Å². The first-order chi connectivity index (χ1) is 9.76. The van der Waals surface area contributed by atoms with Gasteiger partial charge in [0.05, 0.1) is 0 Å². The first-order valence-corrected chi connectivity index (χ1v) is 9.20. The van der Waals surface area contributed by atoms with E-state index in [4.69, 9.17) is 0 Å². The average molecular weight is 280 g/mol. The molecule has 20 heavy (non-hydrogen) atoms. The molecule has 2 rings (SSSR count). The Morgan fingerprint density at radius 3 is 2.35 bits per heavy atom. The topological polar surface area (TPSA) is 15.3 Å². The molecule has 1 atom stereocenters. The van der Waals surface area contributed by atoms with Crippen LogP contribution in [0.3, 0.4) is 0 Å². The van der Waals surface area contributed by atoms with Crippen molar-refractivity contribution in [3.63, 3.8) is 0 Å². The molecule has 1 aliphatic heterocycles. The highest BCUT2D eigenvalue weighted by Gasteiger charge is 2.36. The molecule has 1 heterocycles. The van der Waals surface area contributed by atoms with Crippen molar-refractivity contribution in [1.29, 1.82) is 0 Å². The van der Waals surface area contributed by atoms with Crippen LogP contribution in [-0.2, 0) is 0 Å². The van der Waals surface area contributed by atoms with Gasteiger partial charge in [0.15, 0.2) is 0 Å². The largest absolute Gasteiger partial charge is 0.315 e. The number of rotatable bonds is 7. The van der Waals surface area contributed by atoms with E-state index in [2.05, 4.69) is 24.1 Å². The van der Waals surface area contributed by atoms with Crippen molar-refractivity contribution in [1.82, 2.24) is 10.2 Å². The summed E-state index contributed by atoms with van der Waals surface area (Å²) in [7, 11) is 0. The van der Waals surface area contributed by atoms with E-state index in [1.165, 1.54) is 90.4 Å². The van der Waals surface area contributed by atoms with Crippen LogP contribution in [0.25, 0.3) is 0 Å². The Hall–Kier alpha value is -0.0800. The highest BCUT2D eigenvalue weighted by atomic mass is 15.2. The van der Waals surface area contributed by atoms with Crippen molar-refractivity contribution in [2.24, 2.45) is 5.41 Å². The minimum Gasteiger partial charge on any atom is -0.315 e. The van der Waals surface area contributed by atoms with E-state index in [-0.39, 0.29) is 0 Å². The lowest BCUT2D eigenvalue weighted by atomic mass is 9.68. The summed E-state index contributed by atoms with van der Waals surface area (Å²) in [6.07, 6.45) is 14.5. The van der Waals surface area contributed by atoms with Gasteiger partial charge in [-0.1, -0.05) is 39.0 Å². The first kappa shape index (κ1) is 16.3. The second-order valence-corrected chi connectivity index (χ2v) is 7.36. The predicted molar refractivity (Wildman–Crippen MR) is 88.2 cm³/mol. The van der Waals surface area contributed by atoms with Crippen LogP contribution in [0.15, 0.2) is 0 Å². The lowest BCUT2D eigenvalue weighted by molar-refractivity contribution is 0.0490.